The zero-order valence-corrected chi connectivity index (χ0v) is 7.29. The Balaban J connectivity index is 2.96. The monoisotopic (exact) mass is 180 g/mol. The molecule has 0 fully saturated rings. The van der Waals surface area contributed by atoms with Gasteiger partial charge < -0.3 is 0 Å². The summed E-state index contributed by atoms with van der Waals surface area (Å²) in [5.74, 6) is 0.364. The van der Waals surface area contributed by atoms with Gasteiger partial charge in [-0.15, -0.1) is 11.6 Å². The van der Waals surface area contributed by atoms with Gasteiger partial charge in [0, 0.05) is 11.5 Å². The van der Waals surface area contributed by atoms with Gasteiger partial charge in [-0.1, -0.05) is 36.4 Å². The van der Waals surface area contributed by atoms with Crippen LogP contribution >= 0.6 is 11.6 Å². The van der Waals surface area contributed by atoms with Crippen LogP contribution in [-0.2, 0) is 4.79 Å². The first-order chi connectivity index (χ1) is 5.88. The van der Waals surface area contributed by atoms with Crippen LogP contribution < -0.4 is 0 Å². The predicted molar refractivity (Wildman–Crippen MR) is 51.2 cm³/mol. The molecular weight excluding hydrogens is 172 g/mol. The molecule has 0 aliphatic rings. The Bertz CT molecular complexity index is 277. The van der Waals surface area contributed by atoms with E-state index in [1.807, 2.05) is 30.3 Å². The van der Waals surface area contributed by atoms with E-state index in [1.54, 1.807) is 6.08 Å². The van der Waals surface area contributed by atoms with Gasteiger partial charge in [-0.3, -0.25) is 4.79 Å². The molecule has 0 unspecified atom stereocenters. The highest BCUT2D eigenvalue weighted by molar-refractivity contribution is 6.20. The number of carbonyl (C=O) groups excluding carboxylic acids is 1. The minimum atomic E-state index is 0.364. The second-order valence-electron chi connectivity index (χ2n) is 2.30. The van der Waals surface area contributed by atoms with Gasteiger partial charge in [-0.2, -0.15) is 0 Å². The lowest BCUT2D eigenvalue weighted by Crippen LogP contribution is -1.85. The Morgan fingerprint density at radius 2 is 2.00 bits per heavy atom. The number of rotatable bonds is 3. The van der Waals surface area contributed by atoms with Crippen LogP contribution in [-0.4, -0.2) is 12.2 Å². The molecule has 0 atom stereocenters. The van der Waals surface area contributed by atoms with E-state index in [9.17, 15) is 4.79 Å². The molecule has 0 amide bonds. The van der Waals surface area contributed by atoms with E-state index in [0.29, 0.717) is 11.5 Å². The molecular formula is C10H9ClO. The van der Waals surface area contributed by atoms with Gasteiger partial charge in [0.25, 0.3) is 0 Å². The fourth-order valence-electron chi connectivity index (χ4n) is 0.948. The molecule has 0 saturated carbocycles. The fourth-order valence-corrected chi connectivity index (χ4v) is 1.11. The average molecular weight is 181 g/mol. The summed E-state index contributed by atoms with van der Waals surface area (Å²) in [7, 11) is 0. The van der Waals surface area contributed by atoms with Crippen molar-refractivity contribution in [1.29, 1.82) is 0 Å². The number of alkyl halides is 1. The van der Waals surface area contributed by atoms with Crippen molar-refractivity contribution in [1.82, 2.24) is 0 Å². The lowest BCUT2D eigenvalue weighted by atomic mass is 10.1. The Labute approximate surface area is 76.7 Å². The number of hydrogen-bond donors (Lipinski definition) is 0. The minimum absolute atomic E-state index is 0.364. The van der Waals surface area contributed by atoms with E-state index >= 15 is 0 Å². The van der Waals surface area contributed by atoms with E-state index in [1.165, 1.54) is 0 Å². The van der Waals surface area contributed by atoms with Crippen molar-refractivity contribution in [2.45, 2.75) is 0 Å². The van der Waals surface area contributed by atoms with Crippen LogP contribution in [0.25, 0.3) is 5.57 Å². The number of aldehydes is 1. The summed E-state index contributed by atoms with van der Waals surface area (Å²) >= 11 is 5.49. The van der Waals surface area contributed by atoms with Gasteiger partial charge in [0.1, 0.15) is 6.29 Å². The highest BCUT2D eigenvalue weighted by Gasteiger charge is 1.96. The summed E-state index contributed by atoms with van der Waals surface area (Å²) in [4.78, 5) is 10.6. The summed E-state index contributed by atoms with van der Waals surface area (Å²) in [6.07, 6.45) is 2.52. The highest BCUT2D eigenvalue weighted by Crippen LogP contribution is 2.10. The zero-order valence-electron chi connectivity index (χ0n) is 6.53. The summed E-state index contributed by atoms with van der Waals surface area (Å²) in [6, 6.07) is 9.45. The largest absolute Gasteiger partial charge is 0.298 e. The number of halogens is 1. The highest BCUT2D eigenvalue weighted by atomic mass is 35.5. The summed E-state index contributed by atoms with van der Waals surface area (Å²) in [5.41, 5.74) is 1.55. The third-order valence-corrected chi connectivity index (χ3v) is 1.69. The summed E-state index contributed by atoms with van der Waals surface area (Å²) in [5, 5.41) is 0. The molecule has 0 aliphatic carbocycles. The first-order valence-electron chi connectivity index (χ1n) is 3.65. The molecule has 0 heterocycles. The number of carbonyl (C=O) groups is 1. The summed E-state index contributed by atoms with van der Waals surface area (Å²) in [6.45, 7) is 0. The van der Waals surface area contributed by atoms with Crippen LogP contribution in [0.4, 0.5) is 0 Å². The zero-order chi connectivity index (χ0) is 8.81. The van der Waals surface area contributed by atoms with E-state index in [2.05, 4.69) is 0 Å². The third-order valence-electron chi connectivity index (χ3n) is 1.53. The van der Waals surface area contributed by atoms with Gasteiger partial charge in [-0.25, -0.2) is 0 Å². The van der Waals surface area contributed by atoms with Crippen molar-refractivity contribution >= 4 is 23.5 Å². The van der Waals surface area contributed by atoms with Crippen LogP contribution in [0.15, 0.2) is 36.4 Å². The van der Waals surface area contributed by atoms with E-state index in [4.69, 9.17) is 11.6 Å². The Morgan fingerprint density at radius 1 is 1.33 bits per heavy atom. The normalized spacial score (nSPS) is 11.2. The van der Waals surface area contributed by atoms with Crippen LogP contribution in [0.3, 0.4) is 0 Å². The van der Waals surface area contributed by atoms with Gasteiger partial charge in [0.15, 0.2) is 0 Å². The Kier molecular flexibility index (Phi) is 3.55. The number of hydrogen-bond acceptors (Lipinski definition) is 1. The minimum Gasteiger partial charge on any atom is -0.298 e. The van der Waals surface area contributed by atoms with Crippen LogP contribution in [0.1, 0.15) is 5.56 Å². The van der Waals surface area contributed by atoms with E-state index < -0.39 is 0 Å². The van der Waals surface area contributed by atoms with E-state index in [0.717, 1.165) is 11.8 Å². The average Bonchev–Trinajstić information content (AvgIpc) is 2.15. The lowest BCUT2D eigenvalue weighted by molar-refractivity contribution is -0.103. The fraction of sp³-hybridized carbons (Fsp3) is 0.100. The molecule has 0 N–H and O–H groups in total. The molecule has 1 aromatic carbocycles. The number of allylic oxidation sites excluding steroid dienone is 2. The van der Waals surface area contributed by atoms with Crippen molar-refractivity contribution in [2.75, 3.05) is 5.88 Å². The second kappa shape index (κ2) is 4.73. The SMILES string of the molecule is O=CC(=CCCl)c1ccccc1. The molecule has 0 radical (unpaired) electrons. The first kappa shape index (κ1) is 9.01. The van der Waals surface area contributed by atoms with Crippen LogP contribution in [0.2, 0.25) is 0 Å². The lowest BCUT2D eigenvalue weighted by Gasteiger charge is -1.97. The molecule has 0 aliphatic heterocycles. The maximum Gasteiger partial charge on any atom is 0.150 e. The van der Waals surface area contributed by atoms with Crippen LogP contribution in [0, 0.1) is 0 Å². The quantitative estimate of drug-likeness (QED) is 0.397. The third kappa shape index (κ3) is 2.21. The molecule has 1 rings (SSSR count). The molecule has 0 aromatic heterocycles. The number of benzene rings is 1. The molecule has 1 aromatic rings. The molecule has 2 heteroatoms. The Hall–Kier alpha value is -1.08. The van der Waals surface area contributed by atoms with E-state index in [-0.39, 0.29) is 0 Å². The molecule has 1 nitrogen and oxygen atoms in total. The molecule has 0 saturated heterocycles. The van der Waals surface area contributed by atoms with Crippen LogP contribution in [0.5, 0.6) is 0 Å². The molecule has 0 spiro atoms. The first-order valence-corrected chi connectivity index (χ1v) is 4.18. The summed E-state index contributed by atoms with van der Waals surface area (Å²) < 4.78 is 0. The van der Waals surface area contributed by atoms with Crippen molar-refractivity contribution < 1.29 is 4.79 Å². The van der Waals surface area contributed by atoms with Gasteiger partial charge in [-0.05, 0) is 5.56 Å². The molecule has 0 bridgehead atoms. The predicted octanol–water partition coefficient (Wildman–Crippen LogP) is 2.51. The van der Waals surface area contributed by atoms with Crippen molar-refractivity contribution in [3.63, 3.8) is 0 Å². The van der Waals surface area contributed by atoms with Gasteiger partial charge >= 0.3 is 0 Å². The van der Waals surface area contributed by atoms with Crippen molar-refractivity contribution in [2.24, 2.45) is 0 Å². The standard InChI is InChI=1S/C10H9ClO/c11-7-6-10(8-12)9-4-2-1-3-5-9/h1-6,8H,7H2. The maximum atomic E-state index is 10.6. The maximum absolute atomic E-state index is 10.6. The Morgan fingerprint density at radius 3 is 2.50 bits per heavy atom. The smallest absolute Gasteiger partial charge is 0.150 e. The van der Waals surface area contributed by atoms with Crippen molar-refractivity contribution in [3.05, 3.63) is 42.0 Å². The van der Waals surface area contributed by atoms with Gasteiger partial charge in [0.05, 0.1) is 0 Å². The molecule has 12 heavy (non-hydrogen) atoms. The second-order valence-corrected chi connectivity index (χ2v) is 2.61. The van der Waals surface area contributed by atoms with Gasteiger partial charge in [0.2, 0.25) is 0 Å². The molecule has 62 valence electrons. The van der Waals surface area contributed by atoms with Crippen molar-refractivity contribution in [3.8, 4) is 0 Å². The topological polar surface area (TPSA) is 17.1 Å².